The normalized spacial score (nSPS) is 11.6. The van der Waals surface area contributed by atoms with Crippen LogP contribution in [0.2, 0.25) is 0 Å². The highest BCUT2D eigenvalue weighted by Gasteiger charge is 2.19. The minimum absolute atomic E-state index is 0.202. The summed E-state index contributed by atoms with van der Waals surface area (Å²) >= 11 is 0. The van der Waals surface area contributed by atoms with Crippen molar-refractivity contribution in [2.24, 2.45) is 0 Å². The molecule has 1 heterocycles. The number of para-hydroxylation sites is 1. The summed E-state index contributed by atoms with van der Waals surface area (Å²) in [7, 11) is 0. The molecule has 0 aliphatic rings. The average Bonchev–Trinajstić information content (AvgIpc) is 2.74. The van der Waals surface area contributed by atoms with E-state index in [-0.39, 0.29) is 17.9 Å². The molecule has 30 heavy (non-hydrogen) atoms. The molecule has 1 N–H and O–H groups in total. The Labute approximate surface area is 172 Å². The van der Waals surface area contributed by atoms with Gasteiger partial charge in [-0.3, -0.25) is 23.7 Å². The van der Waals surface area contributed by atoms with Gasteiger partial charge >= 0.3 is 5.97 Å². The first-order valence-electron chi connectivity index (χ1n) is 9.37. The van der Waals surface area contributed by atoms with Crippen LogP contribution in [-0.4, -0.2) is 39.9 Å². The summed E-state index contributed by atoms with van der Waals surface area (Å²) in [5.74, 6) is -1.55. The SMILES string of the molecule is CC(=O)[C@H](Cc1ccccc1)NC(=O)COC(=O)Cn1cnc2ccccc2c1=O. The molecule has 2 aromatic carbocycles. The Morgan fingerprint density at radius 1 is 1.07 bits per heavy atom. The van der Waals surface area contributed by atoms with Crippen LogP contribution in [0.15, 0.2) is 65.7 Å². The number of benzene rings is 2. The zero-order valence-electron chi connectivity index (χ0n) is 16.4. The summed E-state index contributed by atoms with van der Waals surface area (Å²) in [6.45, 7) is 0.469. The van der Waals surface area contributed by atoms with Gasteiger partial charge in [0.15, 0.2) is 12.4 Å². The first kappa shape index (κ1) is 20.9. The fraction of sp³-hybridized carbons (Fsp3) is 0.227. The molecular weight excluding hydrogens is 386 g/mol. The number of aromatic nitrogens is 2. The molecule has 8 nitrogen and oxygen atoms in total. The molecule has 0 aliphatic heterocycles. The summed E-state index contributed by atoms with van der Waals surface area (Å²) in [5.41, 5.74) is 1.06. The van der Waals surface area contributed by atoms with Gasteiger partial charge in [0, 0.05) is 0 Å². The van der Waals surface area contributed by atoms with Crippen molar-refractivity contribution in [1.82, 2.24) is 14.9 Å². The van der Waals surface area contributed by atoms with E-state index < -0.39 is 24.5 Å². The average molecular weight is 407 g/mol. The maximum atomic E-state index is 12.4. The van der Waals surface area contributed by atoms with Crippen molar-refractivity contribution in [3.05, 3.63) is 76.8 Å². The Morgan fingerprint density at radius 3 is 2.50 bits per heavy atom. The van der Waals surface area contributed by atoms with Gasteiger partial charge in [-0.25, -0.2) is 4.98 Å². The third-order valence-electron chi connectivity index (χ3n) is 4.50. The van der Waals surface area contributed by atoms with Gasteiger partial charge in [0.1, 0.15) is 6.54 Å². The van der Waals surface area contributed by atoms with Gasteiger partial charge in [-0.05, 0) is 31.0 Å². The van der Waals surface area contributed by atoms with Crippen LogP contribution < -0.4 is 10.9 Å². The van der Waals surface area contributed by atoms with E-state index in [0.717, 1.165) is 10.1 Å². The van der Waals surface area contributed by atoms with Crippen LogP contribution in [0.4, 0.5) is 0 Å². The predicted octanol–water partition coefficient (Wildman–Crippen LogP) is 1.26. The standard InChI is InChI=1S/C22H21N3O5/c1-15(26)19(11-16-7-3-2-4-8-16)24-20(27)13-30-21(28)12-25-14-23-18-10-6-5-9-17(18)22(25)29/h2-10,14,19H,11-13H2,1H3,(H,24,27)/t19-/m0/s1. The molecule has 0 spiro atoms. The first-order chi connectivity index (χ1) is 14.4. The molecule has 0 saturated carbocycles. The summed E-state index contributed by atoms with van der Waals surface area (Å²) < 4.78 is 6.08. The first-order valence-corrected chi connectivity index (χ1v) is 9.37. The Morgan fingerprint density at radius 2 is 1.77 bits per heavy atom. The van der Waals surface area contributed by atoms with Gasteiger partial charge in [-0.15, -0.1) is 0 Å². The van der Waals surface area contributed by atoms with E-state index in [1.54, 1.807) is 24.3 Å². The molecule has 154 valence electrons. The number of fused-ring (bicyclic) bond motifs is 1. The van der Waals surface area contributed by atoms with E-state index in [2.05, 4.69) is 10.3 Å². The Kier molecular flexibility index (Phi) is 6.69. The zero-order chi connectivity index (χ0) is 21.5. The molecular formula is C22H21N3O5. The van der Waals surface area contributed by atoms with Crippen molar-refractivity contribution < 1.29 is 19.1 Å². The number of nitrogens with one attached hydrogen (secondary N) is 1. The summed E-state index contributed by atoms with van der Waals surface area (Å²) in [6.07, 6.45) is 1.60. The van der Waals surface area contributed by atoms with Gasteiger partial charge in [0.2, 0.25) is 0 Å². The van der Waals surface area contributed by atoms with Crippen LogP contribution in [0.3, 0.4) is 0 Å². The number of hydrogen-bond donors (Lipinski definition) is 1. The molecule has 1 aromatic heterocycles. The molecule has 1 amide bonds. The van der Waals surface area contributed by atoms with Crippen molar-refractivity contribution >= 4 is 28.6 Å². The van der Waals surface area contributed by atoms with Gasteiger partial charge in [-0.2, -0.15) is 0 Å². The third-order valence-corrected chi connectivity index (χ3v) is 4.50. The number of amides is 1. The van der Waals surface area contributed by atoms with Crippen LogP contribution in [-0.2, 0) is 32.1 Å². The maximum Gasteiger partial charge on any atom is 0.326 e. The number of Topliss-reactive ketones (excluding diaryl/α,β-unsaturated/α-hetero) is 1. The minimum Gasteiger partial charge on any atom is -0.454 e. The number of esters is 1. The molecule has 1 atom stereocenters. The van der Waals surface area contributed by atoms with Crippen LogP contribution in [0.5, 0.6) is 0 Å². The summed E-state index contributed by atoms with van der Waals surface area (Å²) in [6, 6.07) is 15.3. The third kappa shape index (κ3) is 5.38. The topological polar surface area (TPSA) is 107 Å². The molecule has 0 fully saturated rings. The predicted molar refractivity (Wildman–Crippen MR) is 110 cm³/mol. The second kappa shape index (κ2) is 9.60. The van der Waals surface area contributed by atoms with Crippen LogP contribution in [0.1, 0.15) is 12.5 Å². The molecule has 3 rings (SSSR count). The monoisotopic (exact) mass is 407 g/mol. The highest BCUT2D eigenvalue weighted by Crippen LogP contribution is 2.05. The Bertz CT molecular complexity index is 1120. The number of hydrogen-bond acceptors (Lipinski definition) is 6. The van der Waals surface area contributed by atoms with E-state index in [4.69, 9.17) is 4.74 Å². The number of rotatable bonds is 8. The zero-order valence-corrected chi connectivity index (χ0v) is 16.4. The quantitative estimate of drug-likeness (QED) is 0.563. The van der Waals surface area contributed by atoms with E-state index in [9.17, 15) is 19.2 Å². The lowest BCUT2D eigenvalue weighted by molar-refractivity contribution is -0.149. The van der Waals surface area contributed by atoms with Crippen molar-refractivity contribution in [2.75, 3.05) is 6.61 Å². The fourth-order valence-electron chi connectivity index (χ4n) is 2.93. The number of ether oxygens (including phenoxy) is 1. The van der Waals surface area contributed by atoms with Crippen molar-refractivity contribution in [2.45, 2.75) is 25.9 Å². The molecule has 0 saturated heterocycles. The summed E-state index contributed by atoms with van der Waals surface area (Å²) in [5, 5.41) is 2.96. The molecule has 0 aliphatic carbocycles. The van der Waals surface area contributed by atoms with E-state index >= 15 is 0 Å². The lowest BCUT2D eigenvalue weighted by Gasteiger charge is -2.16. The molecule has 0 bridgehead atoms. The largest absolute Gasteiger partial charge is 0.454 e. The van der Waals surface area contributed by atoms with Crippen LogP contribution >= 0.6 is 0 Å². The number of ketones is 1. The molecule has 0 radical (unpaired) electrons. The molecule has 0 unspecified atom stereocenters. The summed E-state index contributed by atoms with van der Waals surface area (Å²) in [4.78, 5) is 52.5. The van der Waals surface area contributed by atoms with Crippen molar-refractivity contribution in [3.63, 3.8) is 0 Å². The lowest BCUT2D eigenvalue weighted by atomic mass is 10.0. The van der Waals surface area contributed by atoms with Gasteiger partial charge in [0.05, 0.1) is 23.3 Å². The second-order valence-corrected chi connectivity index (χ2v) is 6.78. The fourth-order valence-corrected chi connectivity index (χ4v) is 2.93. The highest BCUT2D eigenvalue weighted by molar-refractivity contribution is 5.88. The smallest absolute Gasteiger partial charge is 0.326 e. The van der Waals surface area contributed by atoms with E-state index in [1.807, 2.05) is 30.3 Å². The van der Waals surface area contributed by atoms with E-state index in [1.165, 1.54) is 13.3 Å². The van der Waals surface area contributed by atoms with E-state index in [0.29, 0.717) is 17.3 Å². The Balaban J connectivity index is 1.55. The number of carbonyl (C=O) groups excluding carboxylic acids is 3. The van der Waals surface area contributed by atoms with Crippen LogP contribution in [0.25, 0.3) is 10.9 Å². The van der Waals surface area contributed by atoms with Crippen LogP contribution in [0, 0.1) is 0 Å². The van der Waals surface area contributed by atoms with Gasteiger partial charge in [-0.1, -0.05) is 42.5 Å². The lowest BCUT2D eigenvalue weighted by Crippen LogP contribution is -2.43. The van der Waals surface area contributed by atoms with Crippen molar-refractivity contribution in [1.29, 1.82) is 0 Å². The number of nitrogens with zero attached hydrogens (tertiary/aromatic N) is 2. The number of carbonyl (C=O) groups is 3. The second-order valence-electron chi connectivity index (χ2n) is 6.78. The van der Waals surface area contributed by atoms with Gasteiger partial charge < -0.3 is 10.1 Å². The molecule has 8 heteroatoms. The van der Waals surface area contributed by atoms with Gasteiger partial charge in [0.25, 0.3) is 11.5 Å². The highest BCUT2D eigenvalue weighted by atomic mass is 16.5. The molecule has 3 aromatic rings. The minimum atomic E-state index is -0.758. The Hall–Kier alpha value is -3.81. The maximum absolute atomic E-state index is 12.4. The van der Waals surface area contributed by atoms with Crippen molar-refractivity contribution in [3.8, 4) is 0 Å².